The van der Waals surface area contributed by atoms with Gasteiger partial charge >= 0.3 is 0 Å². The molecule has 0 saturated heterocycles. The zero-order valence-corrected chi connectivity index (χ0v) is 8.84. The summed E-state index contributed by atoms with van der Waals surface area (Å²) in [6.45, 7) is 1.08. The molecule has 1 atom stereocenters. The largest absolute Gasteiger partial charge is 0.481 e. The van der Waals surface area contributed by atoms with Gasteiger partial charge in [-0.25, -0.2) is 0 Å². The fourth-order valence-corrected chi connectivity index (χ4v) is 1.57. The number of fused-ring (bicyclic) bond motifs is 3. The first-order valence-corrected chi connectivity index (χ1v) is 4.62. The molecule has 3 rings (SSSR count). The quantitative estimate of drug-likeness (QED) is 0.703. The summed E-state index contributed by atoms with van der Waals surface area (Å²) in [5.74, 6) is -0.0972. The van der Waals surface area contributed by atoms with Gasteiger partial charge in [0.15, 0.2) is 5.56 Å². The summed E-state index contributed by atoms with van der Waals surface area (Å²) in [7, 11) is 0. The number of hydrogen-bond acceptors (Lipinski definition) is 2. The zero-order chi connectivity index (χ0) is 10.7. The molecule has 2 heterocycles. The second kappa shape index (κ2) is 4.53. The van der Waals surface area contributed by atoms with E-state index in [4.69, 9.17) is 37.8 Å². The number of hydrogen-bond donors (Lipinski definition) is 1. The molecule has 14 heavy (non-hydrogen) atoms. The van der Waals surface area contributed by atoms with Gasteiger partial charge in [-0.2, -0.15) is 0 Å². The number of halogens is 2. The molecule has 0 radical (unpaired) electrons. The molecule has 76 valence electrons. The van der Waals surface area contributed by atoms with E-state index in [-0.39, 0.29) is 0 Å². The number of benzene rings is 1. The number of ether oxygens (including phenoxy) is 1. The molecular formula is C9H8Cl2O3. The van der Waals surface area contributed by atoms with Crippen LogP contribution in [0.25, 0.3) is 0 Å². The van der Waals surface area contributed by atoms with Crippen molar-refractivity contribution in [3.63, 3.8) is 0 Å². The third kappa shape index (κ3) is 2.79. The maximum absolute atomic E-state index is 9.00. The molecule has 0 amide bonds. The standard InChI is InChI=1S/C7H4Cl2O.C2H4O2/c8-6-3-4-1-2-5(6)7(9)10-4;1-2(3)4/h1-3,7H;1H3,(H,3,4). The Kier molecular flexibility index (Phi) is 3.61. The third-order valence-electron chi connectivity index (χ3n) is 1.46. The first kappa shape index (κ1) is 11.1. The van der Waals surface area contributed by atoms with Crippen LogP contribution in [0.3, 0.4) is 0 Å². The van der Waals surface area contributed by atoms with Crippen molar-refractivity contribution < 1.29 is 14.6 Å². The van der Waals surface area contributed by atoms with Crippen LogP contribution in [0, 0.1) is 0 Å². The van der Waals surface area contributed by atoms with Gasteiger partial charge in [0, 0.05) is 12.5 Å². The van der Waals surface area contributed by atoms with E-state index < -0.39 is 11.5 Å². The Labute approximate surface area is 91.2 Å². The summed E-state index contributed by atoms with van der Waals surface area (Å²) in [6.07, 6.45) is 0. The molecule has 2 aliphatic heterocycles. The van der Waals surface area contributed by atoms with Crippen molar-refractivity contribution in [3.05, 3.63) is 28.8 Å². The summed E-state index contributed by atoms with van der Waals surface area (Å²) < 4.78 is 5.15. The van der Waals surface area contributed by atoms with Crippen molar-refractivity contribution in [2.24, 2.45) is 0 Å². The highest BCUT2D eigenvalue weighted by molar-refractivity contribution is 6.33. The van der Waals surface area contributed by atoms with Crippen molar-refractivity contribution >= 4 is 29.2 Å². The van der Waals surface area contributed by atoms with E-state index in [9.17, 15) is 0 Å². The van der Waals surface area contributed by atoms with Gasteiger partial charge in [-0.05, 0) is 18.2 Å². The number of alkyl halides is 1. The first-order chi connectivity index (χ1) is 6.50. The summed E-state index contributed by atoms with van der Waals surface area (Å²) in [5, 5.41) is 8.10. The fourth-order valence-electron chi connectivity index (χ4n) is 0.948. The molecule has 0 saturated carbocycles. The van der Waals surface area contributed by atoms with E-state index in [1.165, 1.54) is 0 Å². The molecule has 1 aromatic rings. The topological polar surface area (TPSA) is 46.5 Å². The maximum Gasteiger partial charge on any atom is 0.300 e. The highest BCUT2D eigenvalue weighted by atomic mass is 35.5. The Bertz CT molecular complexity index is 348. The van der Waals surface area contributed by atoms with Crippen LogP contribution in [-0.2, 0) is 4.79 Å². The van der Waals surface area contributed by atoms with E-state index in [1.807, 2.05) is 12.1 Å². The Morgan fingerprint density at radius 3 is 2.43 bits per heavy atom. The second-order valence-corrected chi connectivity index (χ2v) is 3.44. The highest BCUT2D eigenvalue weighted by Gasteiger charge is 2.19. The van der Waals surface area contributed by atoms with Crippen LogP contribution in [0.4, 0.5) is 0 Å². The maximum atomic E-state index is 9.00. The Hall–Kier alpha value is -0.930. The van der Waals surface area contributed by atoms with E-state index >= 15 is 0 Å². The normalized spacial score (nSPS) is 16.6. The van der Waals surface area contributed by atoms with Crippen LogP contribution in [-0.4, -0.2) is 11.1 Å². The van der Waals surface area contributed by atoms with Crippen molar-refractivity contribution in [1.29, 1.82) is 0 Å². The smallest absolute Gasteiger partial charge is 0.300 e. The Morgan fingerprint density at radius 2 is 2.14 bits per heavy atom. The van der Waals surface area contributed by atoms with E-state index in [0.29, 0.717) is 5.02 Å². The molecule has 1 aromatic carbocycles. The Morgan fingerprint density at radius 1 is 1.57 bits per heavy atom. The first-order valence-electron chi connectivity index (χ1n) is 3.80. The Balaban J connectivity index is 0.000000213. The summed E-state index contributed by atoms with van der Waals surface area (Å²) in [5.41, 5.74) is 0.454. The van der Waals surface area contributed by atoms with Crippen molar-refractivity contribution in [1.82, 2.24) is 0 Å². The molecule has 0 spiro atoms. The lowest BCUT2D eigenvalue weighted by Gasteiger charge is -2.20. The van der Waals surface area contributed by atoms with Gasteiger partial charge in [-0.1, -0.05) is 23.2 Å². The van der Waals surface area contributed by atoms with Crippen LogP contribution in [0.2, 0.25) is 5.02 Å². The van der Waals surface area contributed by atoms with Gasteiger partial charge in [0.25, 0.3) is 5.97 Å². The lowest BCUT2D eigenvalue weighted by molar-refractivity contribution is -0.134. The molecule has 1 unspecified atom stereocenters. The van der Waals surface area contributed by atoms with Gasteiger partial charge < -0.3 is 9.84 Å². The minimum absolute atomic E-state index is 0.391. The molecule has 2 aliphatic rings. The number of rotatable bonds is 0. The average Bonchev–Trinajstić information content (AvgIpc) is 2.02. The summed E-state index contributed by atoms with van der Waals surface area (Å²) >= 11 is 11.5. The molecular weight excluding hydrogens is 227 g/mol. The number of carboxylic acids is 1. The van der Waals surface area contributed by atoms with E-state index in [0.717, 1.165) is 18.2 Å². The molecule has 3 nitrogen and oxygen atoms in total. The van der Waals surface area contributed by atoms with Gasteiger partial charge in [0.1, 0.15) is 5.75 Å². The second-order valence-electron chi connectivity index (χ2n) is 2.64. The van der Waals surface area contributed by atoms with Gasteiger partial charge in [-0.15, -0.1) is 0 Å². The SMILES string of the molecule is CC(=O)O.Clc1cc2ccc1C(Cl)O2. The van der Waals surface area contributed by atoms with Gasteiger partial charge in [0.2, 0.25) is 0 Å². The molecule has 0 aromatic heterocycles. The number of carbonyl (C=O) groups is 1. The molecule has 0 fully saturated rings. The highest BCUT2D eigenvalue weighted by Crippen LogP contribution is 2.38. The predicted octanol–water partition coefficient (Wildman–Crippen LogP) is 3.06. The molecule has 5 heteroatoms. The third-order valence-corrected chi connectivity index (χ3v) is 2.11. The molecule has 0 aliphatic carbocycles. The molecule has 2 bridgehead atoms. The van der Waals surface area contributed by atoms with Crippen LogP contribution in [0.5, 0.6) is 5.75 Å². The van der Waals surface area contributed by atoms with Crippen molar-refractivity contribution in [3.8, 4) is 5.75 Å². The predicted molar refractivity (Wildman–Crippen MR) is 54.0 cm³/mol. The minimum Gasteiger partial charge on any atom is -0.481 e. The van der Waals surface area contributed by atoms with E-state index in [1.54, 1.807) is 6.07 Å². The zero-order valence-electron chi connectivity index (χ0n) is 7.33. The van der Waals surface area contributed by atoms with Crippen LogP contribution in [0.15, 0.2) is 18.2 Å². The lowest BCUT2D eigenvalue weighted by atomic mass is 10.2. The lowest BCUT2D eigenvalue weighted by Crippen LogP contribution is -2.06. The van der Waals surface area contributed by atoms with Crippen LogP contribution >= 0.6 is 23.2 Å². The van der Waals surface area contributed by atoms with Crippen molar-refractivity contribution in [2.75, 3.05) is 0 Å². The molecule has 1 N–H and O–H groups in total. The average molecular weight is 235 g/mol. The van der Waals surface area contributed by atoms with E-state index in [2.05, 4.69) is 0 Å². The van der Waals surface area contributed by atoms with Crippen LogP contribution < -0.4 is 4.74 Å². The van der Waals surface area contributed by atoms with Crippen molar-refractivity contribution in [2.45, 2.75) is 12.5 Å². The monoisotopic (exact) mass is 234 g/mol. The summed E-state index contributed by atoms with van der Waals surface area (Å²) in [6, 6.07) is 5.48. The number of carboxylic acid groups (broad SMARTS) is 1. The van der Waals surface area contributed by atoms with Gasteiger partial charge in [-0.3, -0.25) is 4.79 Å². The van der Waals surface area contributed by atoms with Gasteiger partial charge in [0.05, 0.1) is 5.02 Å². The fraction of sp³-hybridized carbons (Fsp3) is 0.222. The minimum atomic E-state index is -0.833. The summed E-state index contributed by atoms with van der Waals surface area (Å²) in [4.78, 5) is 9.00. The number of aliphatic carboxylic acids is 1. The van der Waals surface area contributed by atoms with Crippen LogP contribution in [0.1, 0.15) is 18.1 Å².